The number of nitrogens with zero attached hydrogens (tertiary/aromatic N) is 3. The van der Waals surface area contributed by atoms with Crippen LogP contribution in [-0.4, -0.2) is 48.7 Å². The number of rotatable bonds is 3. The molecule has 1 aliphatic heterocycles. The second-order valence-electron chi connectivity index (χ2n) is 5.47. The molecule has 2 rings (SSSR count). The Labute approximate surface area is 115 Å². The summed E-state index contributed by atoms with van der Waals surface area (Å²) in [5, 5.41) is 0. The van der Waals surface area contributed by atoms with Crippen molar-refractivity contribution >= 4 is 9.84 Å². The fourth-order valence-electron chi connectivity index (χ4n) is 2.62. The van der Waals surface area contributed by atoms with Gasteiger partial charge in [-0.25, -0.2) is 18.4 Å². The van der Waals surface area contributed by atoms with Crippen LogP contribution in [0.3, 0.4) is 0 Å². The number of aromatic nitrogens is 2. The Hall–Kier alpha value is -1.01. The third kappa shape index (κ3) is 3.30. The molecular weight excluding hydrogens is 262 g/mol. The van der Waals surface area contributed by atoms with Crippen LogP contribution in [0.2, 0.25) is 0 Å². The Morgan fingerprint density at radius 3 is 2.79 bits per heavy atom. The highest BCUT2D eigenvalue weighted by molar-refractivity contribution is 7.90. The summed E-state index contributed by atoms with van der Waals surface area (Å²) >= 11 is 0. The lowest BCUT2D eigenvalue weighted by atomic mass is 9.94. The maximum absolute atomic E-state index is 11.8. The van der Waals surface area contributed by atoms with Crippen molar-refractivity contribution in [2.75, 3.05) is 19.3 Å². The molecule has 19 heavy (non-hydrogen) atoms. The Kier molecular flexibility index (Phi) is 4.20. The van der Waals surface area contributed by atoms with Gasteiger partial charge in [-0.3, -0.25) is 0 Å². The number of likely N-dealkylation sites (tertiary alicyclic amines) is 1. The van der Waals surface area contributed by atoms with E-state index in [1.54, 1.807) is 0 Å². The lowest BCUT2D eigenvalue weighted by Gasteiger charge is -2.35. The molecule has 1 saturated heterocycles. The second-order valence-corrected chi connectivity index (χ2v) is 7.46. The zero-order valence-electron chi connectivity index (χ0n) is 11.7. The third-order valence-corrected chi connectivity index (χ3v) is 4.79. The van der Waals surface area contributed by atoms with Crippen molar-refractivity contribution in [1.29, 1.82) is 0 Å². The summed E-state index contributed by atoms with van der Waals surface area (Å²) in [6.45, 7) is 6.28. The molecule has 0 amide bonds. The average Bonchev–Trinajstić information content (AvgIpc) is 2.38. The van der Waals surface area contributed by atoms with Crippen LogP contribution in [0, 0.1) is 0 Å². The summed E-state index contributed by atoms with van der Waals surface area (Å²) < 4.78 is 23.6. The minimum atomic E-state index is -3.26. The number of sulfone groups is 1. The van der Waals surface area contributed by atoms with E-state index in [2.05, 4.69) is 28.7 Å². The Bertz CT molecular complexity index is 543. The van der Waals surface area contributed by atoms with Gasteiger partial charge in [0.15, 0.2) is 9.84 Å². The van der Waals surface area contributed by atoms with Crippen LogP contribution >= 0.6 is 0 Å². The molecule has 0 spiro atoms. The Morgan fingerprint density at radius 2 is 2.16 bits per heavy atom. The standard InChI is InChI=1S/C13H21N3O2S/c1-10(2)16-6-4-5-11(8-16)13-12(19(3,17)18)7-14-9-15-13/h7,9-11H,4-6,8H2,1-3H3/t11-/m1/s1. The van der Waals surface area contributed by atoms with E-state index in [1.807, 2.05) is 0 Å². The van der Waals surface area contributed by atoms with Gasteiger partial charge in [0.05, 0.1) is 5.69 Å². The molecule has 6 heteroatoms. The van der Waals surface area contributed by atoms with Crippen molar-refractivity contribution in [3.63, 3.8) is 0 Å². The largest absolute Gasteiger partial charge is 0.300 e. The smallest absolute Gasteiger partial charge is 0.178 e. The molecule has 0 N–H and O–H groups in total. The van der Waals surface area contributed by atoms with Gasteiger partial charge in [0.1, 0.15) is 11.2 Å². The number of hydrogen-bond donors (Lipinski definition) is 0. The molecule has 1 aromatic rings. The van der Waals surface area contributed by atoms with Gasteiger partial charge in [-0.05, 0) is 33.2 Å². The predicted octanol–water partition coefficient (Wildman–Crippen LogP) is 1.47. The lowest BCUT2D eigenvalue weighted by molar-refractivity contribution is 0.165. The van der Waals surface area contributed by atoms with E-state index in [9.17, 15) is 8.42 Å². The SMILES string of the molecule is CC(C)N1CCC[C@@H](c2ncncc2S(C)(=O)=O)C1. The van der Waals surface area contributed by atoms with Crippen molar-refractivity contribution in [2.45, 2.75) is 43.5 Å². The van der Waals surface area contributed by atoms with Crippen molar-refractivity contribution in [1.82, 2.24) is 14.9 Å². The molecule has 5 nitrogen and oxygen atoms in total. The topological polar surface area (TPSA) is 63.2 Å². The number of piperidine rings is 1. The van der Waals surface area contributed by atoms with Crippen LogP contribution in [-0.2, 0) is 9.84 Å². The van der Waals surface area contributed by atoms with Gasteiger partial charge in [0.2, 0.25) is 0 Å². The Morgan fingerprint density at radius 1 is 1.42 bits per heavy atom. The molecule has 0 aliphatic carbocycles. The summed E-state index contributed by atoms with van der Waals surface area (Å²) in [5.74, 6) is 0.184. The van der Waals surface area contributed by atoms with E-state index < -0.39 is 9.84 Å². The Balaban J connectivity index is 2.32. The van der Waals surface area contributed by atoms with Gasteiger partial charge in [-0.15, -0.1) is 0 Å². The highest BCUT2D eigenvalue weighted by atomic mass is 32.2. The third-order valence-electron chi connectivity index (χ3n) is 3.68. The molecule has 1 aliphatic rings. The average molecular weight is 283 g/mol. The second kappa shape index (κ2) is 5.54. The van der Waals surface area contributed by atoms with Crippen molar-refractivity contribution in [3.8, 4) is 0 Å². The summed E-state index contributed by atoms with van der Waals surface area (Å²) in [6.07, 6.45) is 6.15. The summed E-state index contributed by atoms with van der Waals surface area (Å²) in [5.41, 5.74) is 0.683. The van der Waals surface area contributed by atoms with Crippen molar-refractivity contribution < 1.29 is 8.42 Å². The molecule has 0 radical (unpaired) electrons. The zero-order chi connectivity index (χ0) is 14.0. The van der Waals surface area contributed by atoms with Gasteiger partial charge in [0.25, 0.3) is 0 Å². The zero-order valence-corrected chi connectivity index (χ0v) is 12.5. The fraction of sp³-hybridized carbons (Fsp3) is 0.692. The van der Waals surface area contributed by atoms with Crippen molar-refractivity contribution in [3.05, 3.63) is 18.2 Å². The molecular formula is C13H21N3O2S. The van der Waals surface area contributed by atoms with Gasteiger partial charge in [0, 0.05) is 31.0 Å². The quantitative estimate of drug-likeness (QED) is 0.840. The van der Waals surface area contributed by atoms with E-state index >= 15 is 0 Å². The molecule has 2 heterocycles. The maximum atomic E-state index is 11.8. The molecule has 0 bridgehead atoms. The monoisotopic (exact) mass is 283 g/mol. The van der Waals surface area contributed by atoms with E-state index in [0.29, 0.717) is 11.7 Å². The molecule has 0 unspecified atom stereocenters. The van der Waals surface area contributed by atoms with Crippen LogP contribution in [0.5, 0.6) is 0 Å². The molecule has 1 atom stereocenters. The normalized spacial score (nSPS) is 21.8. The molecule has 0 saturated carbocycles. The van der Waals surface area contributed by atoms with Crippen LogP contribution < -0.4 is 0 Å². The van der Waals surface area contributed by atoms with Crippen LogP contribution in [0.4, 0.5) is 0 Å². The molecule has 106 valence electrons. The summed E-state index contributed by atoms with van der Waals surface area (Å²) in [7, 11) is -3.26. The minimum Gasteiger partial charge on any atom is -0.300 e. The van der Waals surface area contributed by atoms with Gasteiger partial charge in [-0.2, -0.15) is 0 Å². The molecule has 0 aromatic carbocycles. The van der Waals surface area contributed by atoms with Gasteiger partial charge in [-0.1, -0.05) is 0 Å². The van der Waals surface area contributed by atoms with E-state index in [1.165, 1.54) is 18.8 Å². The van der Waals surface area contributed by atoms with E-state index in [-0.39, 0.29) is 10.8 Å². The highest BCUT2D eigenvalue weighted by Crippen LogP contribution is 2.30. The minimum absolute atomic E-state index is 0.184. The molecule has 1 aromatic heterocycles. The van der Waals surface area contributed by atoms with Crippen molar-refractivity contribution in [2.24, 2.45) is 0 Å². The predicted molar refractivity (Wildman–Crippen MR) is 73.8 cm³/mol. The highest BCUT2D eigenvalue weighted by Gasteiger charge is 2.28. The first-order chi connectivity index (χ1) is 8.89. The molecule has 1 fully saturated rings. The first-order valence-electron chi connectivity index (χ1n) is 6.63. The van der Waals surface area contributed by atoms with E-state index in [4.69, 9.17) is 0 Å². The first-order valence-corrected chi connectivity index (χ1v) is 8.52. The summed E-state index contributed by atoms with van der Waals surface area (Å²) in [4.78, 5) is 10.8. The lowest BCUT2D eigenvalue weighted by Crippen LogP contribution is -2.39. The fourth-order valence-corrected chi connectivity index (χ4v) is 3.47. The summed E-state index contributed by atoms with van der Waals surface area (Å²) in [6, 6.07) is 0.478. The van der Waals surface area contributed by atoms with Gasteiger partial charge >= 0.3 is 0 Å². The number of hydrogen-bond acceptors (Lipinski definition) is 5. The first kappa shape index (κ1) is 14.4. The van der Waals surface area contributed by atoms with E-state index in [0.717, 1.165) is 25.9 Å². The van der Waals surface area contributed by atoms with Crippen LogP contribution in [0.15, 0.2) is 17.4 Å². The van der Waals surface area contributed by atoms with Gasteiger partial charge < -0.3 is 4.90 Å². The van der Waals surface area contributed by atoms with Crippen LogP contribution in [0.25, 0.3) is 0 Å². The van der Waals surface area contributed by atoms with Crippen LogP contribution in [0.1, 0.15) is 38.3 Å². The maximum Gasteiger partial charge on any atom is 0.178 e.